The highest BCUT2D eigenvalue weighted by Gasteiger charge is 2.08. The van der Waals surface area contributed by atoms with Gasteiger partial charge in [-0.1, -0.05) is 84.8 Å². The quantitative estimate of drug-likeness (QED) is 0.457. The molecule has 0 saturated carbocycles. The van der Waals surface area contributed by atoms with Gasteiger partial charge in [0, 0.05) is 0 Å². The van der Waals surface area contributed by atoms with Crippen molar-refractivity contribution in [2.24, 2.45) is 17.6 Å². The van der Waals surface area contributed by atoms with Crippen molar-refractivity contribution in [1.82, 2.24) is 0 Å². The lowest BCUT2D eigenvalue weighted by Gasteiger charge is -2.14. The van der Waals surface area contributed by atoms with Crippen LogP contribution in [-0.4, -0.2) is 17.6 Å². The molecule has 0 aromatic heterocycles. The summed E-state index contributed by atoms with van der Waals surface area (Å²) in [5, 5.41) is 8.82. The topological polar surface area (TPSA) is 63.3 Å². The lowest BCUT2D eigenvalue weighted by atomic mass is 9.92. The molecule has 0 heterocycles. The normalized spacial score (nSPS) is 12.8. The minimum atomic E-state index is -0.852. The first-order chi connectivity index (χ1) is 12.5. The molecule has 3 heteroatoms. The number of hydrogen-bond donors (Lipinski definition) is 2. The summed E-state index contributed by atoms with van der Waals surface area (Å²) in [7, 11) is 0. The fraction of sp³-hybridized carbons (Fsp3) is 0.696. The first kappa shape index (κ1) is 24.7. The lowest BCUT2D eigenvalue weighted by molar-refractivity contribution is 0.0697. The van der Waals surface area contributed by atoms with Crippen molar-refractivity contribution in [2.75, 3.05) is 6.54 Å². The van der Waals surface area contributed by atoms with E-state index in [2.05, 4.69) is 27.7 Å². The maximum atomic E-state index is 10.7. The van der Waals surface area contributed by atoms with Crippen molar-refractivity contribution in [3.63, 3.8) is 0 Å². The third kappa shape index (κ3) is 11.3. The summed E-state index contributed by atoms with van der Waals surface area (Å²) in [5.74, 6) is 0.658. The molecule has 3 nitrogen and oxygen atoms in total. The molecule has 0 spiro atoms. The van der Waals surface area contributed by atoms with Crippen molar-refractivity contribution in [2.45, 2.75) is 85.5 Å². The summed E-state index contributed by atoms with van der Waals surface area (Å²) in [4.78, 5) is 10.7. The van der Waals surface area contributed by atoms with Crippen LogP contribution in [0.3, 0.4) is 0 Å². The van der Waals surface area contributed by atoms with Crippen LogP contribution < -0.4 is 5.73 Å². The number of nitrogens with two attached hydrogens (primary N) is 1. The molecule has 1 aromatic rings. The van der Waals surface area contributed by atoms with Gasteiger partial charge < -0.3 is 10.8 Å². The Kier molecular flexibility index (Phi) is 15.0. The monoisotopic (exact) mass is 363 g/mol. The number of carbonyl (C=O) groups is 1. The molecule has 26 heavy (non-hydrogen) atoms. The molecule has 2 atom stereocenters. The first-order valence-corrected chi connectivity index (χ1v) is 10.5. The summed E-state index contributed by atoms with van der Waals surface area (Å²) in [6, 6.07) is 7.28. The van der Waals surface area contributed by atoms with Crippen LogP contribution in [0.1, 0.15) is 95.0 Å². The van der Waals surface area contributed by atoms with Crippen LogP contribution in [-0.2, 0) is 6.42 Å². The van der Waals surface area contributed by atoms with E-state index in [1.807, 2.05) is 12.1 Å². The van der Waals surface area contributed by atoms with Crippen molar-refractivity contribution >= 4 is 5.97 Å². The Morgan fingerprint density at radius 1 is 0.923 bits per heavy atom. The summed E-state index contributed by atoms with van der Waals surface area (Å²) in [6.45, 7) is 9.76. The van der Waals surface area contributed by atoms with E-state index in [0.29, 0.717) is 5.56 Å². The van der Waals surface area contributed by atoms with Crippen molar-refractivity contribution in [1.29, 1.82) is 0 Å². The van der Waals surface area contributed by atoms with Crippen LogP contribution in [0.25, 0.3) is 0 Å². The number of carboxylic acids is 1. The van der Waals surface area contributed by atoms with Crippen LogP contribution in [0.4, 0.5) is 0 Å². The maximum absolute atomic E-state index is 10.7. The number of aromatic carboxylic acids is 1. The van der Waals surface area contributed by atoms with Gasteiger partial charge in [-0.3, -0.25) is 0 Å². The number of hydrogen-bond acceptors (Lipinski definition) is 2. The molecule has 0 aliphatic carbocycles. The number of rotatable bonds is 12. The predicted octanol–water partition coefficient (Wildman–Crippen LogP) is 6.31. The second-order valence-corrected chi connectivity index (χ2v) is 7.27. The summed E-state index contributed by atoms with van der Waals surface area (Å²) in [6.07, 6.45) is 11.3. The summed E-state index contributed by atoms with van der Waals surface area (Å²) >= 11 is 0. The van der Waals surface area contributed by atoms with Crippen LogP contribution in [0.15, 0.2) is 24.3 Å². The molecule has 0 fully saturated rings. The molecule has 0 aliphatic rings. The summed E-state index contributed by atoms with van der Waals surface area (Å²) < 4.78 is 0. The molecule has 3 N–H and O–H groups in total. The number of unbranched alkanes of at least 4 members (excludes halogenated alkanes) is 2. The average Bonchev–Trinajstić information content (AvgIpc) is 2.67. The van der Waals surface area contributed by atoms with E-state index in [-0.39, 0.29) is 0 Å². The third-order valence-corrected chi connectivity index (χ3v) is 5.15. The minimum absolute atomic E-state index is 0.371. The zero-order chi connectivity index (χ0) is 19.8. The Balaban J connectivity index is 0.000000590. The lowest BCUT2D eigenvalue weighted by Crippen LogP contribution is -2.12. The Bertz CT molecular complexity index is 452. The van der Waals surface area contributed by atoms with Gasteiger partial charge in [0.15, 0.2) is 0 Å². The van der Waals surface area contributed by atoms with E-state index < -0.39 is 5.97 Å². The van der Waals surface area contributed by atoms with Gasteiger partial charge in [-0.25, -0.2) is 4.79 Å². The molecule has 0 bridgehead atoms. The average molecular weight is 364 g/mol. The van der Waals surface area contributed by atoms with Crippen LogP contribution in [0.5, 0.6) is 0 Å². The zero-order valence-electron chi connectivity index (χ0n) is 17.5. The molecule has 0 aliphatic heterocycles. The van der Waals surface area contributed by atoms with Gasteiger partial charge in [-0.15, -0.1) is 0 Å². The zero-order valence-corrected chi connectivity index (χ0v) is 17.5. The molecule has 2 unspecified atom stereocenters. The Labute approximate surface area is 161 Å². The van der Waals surface area contributed by atoms with Gasteiger partial charge in [0.25, 0.3) is 0 Å². The molecular weight excluding hydrogens is 322 g/mol. The number of benzene rings is 1. The fourth-order valence-corrected chi connectivity index (χ4v) is 3.04. The van der Waals surface area contributed by atoms with E-state index >= 15 is 0 Å². The van der Waals surface area contributed by atoms with E-state index in [0.717, 1.165) is 24.8 Å². The molecule has 150 valence electrons. The van der Waals surface area contributed by atoms with Gasteiger partial charge in [0.05, 0.1) is 5.56 Å². The van der Waals surface area contributed by atoms with E-state index in [9.17, 15) is 4.79 Å². The highest BCUT2D eigenvalue weighted by Crippen LogP contribution is 2.19. The van der Waals surface area contributed by atoms with Gasteiger partial charge in [-0.05, 0) is 48.9 Å². The van der Waals surface area contributed by atoms with Crippen molar-refractivity contribution in [3.05, 3.63) is 35.4 Å². The van der Waals surface area contributed by atoms with Crippen LogP contribution >= 0.6 is 0 Å². The van der Waals surface area contributed by atoms with E-state index in [4.69, 9.17) is 10.8 Å². The van der Waals surface area contributed by atoms with Gasteiger partial charge in [-0.2, -0.15) is 0 Å². The highest BCUT2D eigenvalue weighted by molar-refractivity contribution is 5.87. The SMILES string of the molecule is CCCCC(CC)CN.CCCCC(CC)Cc1ccc(C(=O)O)cc1. The third-order valence-electron chi connectivity index (χ3n) is 5.15. The largest absolute Gasteiger partial charge is 0.478 e. The first-order valence-electron chi connectivity index (χ1n) is 10.5. The molecular formula is C23H41NO2. The Hall–Kier alpha value is -1.35. The molecule has 0 radical (unpaired) electrons. The Morgan fingerprint density at radius 2 is 1.42 bits per heavy atom. The Morgan fingerprint density at radius 3 is 1.81 bits per heavy atom. The highest BCUT2D eigenvalue weighted by atomic mass is 16.4. The second kappa shape index (κ2) is 15.9. The fourth-order valence-electron chi connectivity index (χ4n) is 3.04. The molecule has 1 rings (SSSR count). The van der Waals surface area contributed by atoms with E-state index in [1.54, 1.807) is 12.1 Å². The standard InChI is InChI=1S/C15H22O2.C8H19N/c1-3-5-6-12(4-2)11-13-7-9-14(10-8-13)15(16)17;1-3-5-6-8(4-2)7-9/h7-10,12H,3-6,11H2,1-2H3,(H,16,17);8H,3-7,9H2,1-2H3. The van der Waals surface area contributed by atoms with E-state index in [1.165, 1.54) is 56.9 Å². The van der Waals surface area contributed by atoms with Crippen molar-refractivity contribution < 1.29 is 9.90 Å². The second-order valence-electron chi connectivity index (χ2n) is 7.27. The molecule has 0 amide bonds. The molecule has 0 saturated heterocycles. The van der Waals surface area contributed by atoms with Gasteiger partial charge >= 0.3 is 5.97 Å². The van der Waals surface area contributed by atoms with Gasteiger partial charge in [0.2, 0.25) is 0 Å². The molecule has 1 aromatic carbocycles. The minimum Gasteiger partial charge on any atom is -0.478 e. The number of carboxylic acid groups (broad SMARTS) is 1. The van der Waals surface area contributed by atoms with Crippen LogP contribution in [0.2, 0.25) is 0 Å². The smallest absolute Gasteiger partial charge is 0.335 e. The summed E-state index contributed by atoms with van der Waals surface area (Å²) in [5.41, 5.74) is 7.14. The maximum Gasteiger partial charge on any atom is 0.335 e. The predicted molar refractivity (Wildman–Crippen MR) is 113 cm³/mol. The van der Waals surface area contributed by atoms with Crippen LogP contribution in [0, 0.1) is 11.8 Å². The van der Waals surface area contributed by atoms with Gasteiger partial charge in [0.1, 0.15) is 0 Å². The van der Waals surface area contributed by atoms with Crippen molar-refractivity contribution in [3.8, 4) is 0 Å².